The molecule has 3 nitrogen and oxygen atoms in total. The van der Waals surface area contributed by atoms with Crippen LogP contribution in [0.3, 0.4) is 0 Å². The minimum Gasteiger partial charge on any atom is -0.355 e. The van der Waals surface area contributed by atoms with Crippen LogP contribution in [0.1, 0.15) is 49.4 Å². The van der Waals surface area contributed by atoms with E-state index >= 15 is 0 Å². The number of hydrogen-bond donors (Lipinski definition) is 0. The molecule has 0 N–H and O–H groups in total. The highest BCUT2D eigenvalue weighted by Gasteiger charge is 2.25. The third kappa shape index (κ3) is 2.32. The predicted molar refractivity (Wildman–Crippen MR) is 76.2 cm³/mol. The topological polar surface area (TPSA) is 39.9 Å². The molecule has 3 heteroatoms. The zero-order valence-corrected chi connectivity index (χ0v) is 11.7. The predicted octanol–water partition coefficient (Wildman–Crippen LogP) is 3.07. The van der Waals surface area contributed by atoms with Crippen LogP contribution >= 0.6 is 0 Å². The summed E-state index contributed by atoms with van der Waals surface area (Å²) in [5.41, 5.74) is 3.32. The van der Waals surface area contributed by atoms with Gasteiger partial charge < -0.3 is 4.90 Å². The van der Waals surface area contributed by atoms with Gasteiger partial charge in [-0.1, -0.05) is 13.3 Å². The van der Waals surface area contributed by atoms with E-state index in [2.05, 4.69) is 24.0 Å². The van der Waals surface area contributed by atoms with Gasteiger partial charge in [0.1, 0.15) is 11.9 Å². The van der Waals surface area contributed by atoms with Crippen LogP contribution in [-0.4, -0.2) is 18.1 Å². The Morgan fingerprint density at radius 1 is 1.42 bits per heavy atom. The zero-order valence-electron chi connectivity index (χ0n) is 11.7. The minimum absolute atomic E-state index is 0.768. The second-order valence-electron chi connectivity index (χ2n) is 5.79. The second-order valence-corrected chi connectivity index (χ2v) is 5.79. The molecule has 0 radical (unpaired) electrons. The normalized spacial score (nSPS) is 22.1. The fourth-order valence-corrected chi connectivity index (χ4v) is 3.30. The smallest absolute Gasteiger partial charge is 0.146 e. The first-order valence-corrected chi connectivity index (χ1v) is 7.49. The summed E-state index contributed by atoms with van der Waals surface area (Å²) in [5, 5.41) is 9.39. The van der Waals surface area contributed by atoms with Crippen molar-refractivity contribution < 1.29 is 0 Å². The molecule has 1 unspecified atom stereocenters. The van der Waals surface area contributed by atoms with Crippen molar-refractivity contribution in [2.75, 3.05) is 18.0 Å². The SMILES string of the molecule is CCC1CCN(c2nc3c(cc2C#N)CCCC3)C1. The highest BCUT2D eigenvalue weighted by Crippen LogP contribution is 2.30. The van der Waals surface area contributed by atoms with Crippen LogP contribution in [0, 0.1) is 17.2 Å². The van der Waals surface area contributed by atoms with E-state index in [-0.39, 0.29) is 0 Å². The number of nitrogens with zero attached hydrogens (tertiary/aromatic N) is 3. The maximum Gasteiger partial charge on any atom is 0.146 e. The van der Waals surface area contributed by atoms with Gasteiger partial charge in [0.2, 0.25) is 0 Å². The van der Waals surface area contributed by atoms with E-state index in [1.807, 2.05) is 0 Å². The van der Waals surface area contributed by atoms with Gasteiger partial charge in [0.25, 0.3) is 0 Å². The largest absolute Gasteiger partial charge is 0.355 e. The molecule has 0 spiro atoms. The van der Waals surface area contributed by atoms with Crippen molar-refractivity contribution >= 4 is 5.82 Å². The Balaban J connectivity index is 1.94. The summed E-state index contributed by atoms with van der Waals surface area (Å²) in [7, 11) is 0. The van der Waals surface area contributed by atoms with Gasteiger partial charge in [-0.3, -0.25) is 0 Å². The Morgan fingerprint density at radius 2 is 2.26 bits per heavy atom. The Bertz CT molecular complexity index is 515. The van der Waals surface area contributed by atoms with Crippen LogP contribution in [0.4, 0.5) is 5.82 Å². The molecule has 1 saturated heterocycles. The molecule has 1 aromatic rings. The molecule has 100 valence electrons. The summed E-state index contributed by atoms with van der Waals surface area (Å²) in [6, 6.07) is 4.44. The molecule has 2 aliphatic rings. The van der Waals surface area contributed by atoms with E-state index in [1.54, 1.807) is 0 Å². The van der Waals surface area contributed by atoms with Gasteiger partial charge in [-0.25, -0.2) is 4.98 Å². The minimum atomic E-state index is 0.768. The van der Waals surface area contributed by atoms with Crippen LogP contribution in [-0.2, 0) is 12.8 Å². The van der Waals surface area contributed by atoms with Crippen LogP contribution in [0.2, 0.25) is 0 Å². The summed E-state index contributed by atoms with van der Waals surface area (Å²) in [6.45, 7) is 4.37. The first-order valence-electron chi connectivity index (χ1n) is 7.49. The van der Waals surface area contributed by atoms with E-state index in [1.165, 1.54) is 36.9 Å². The summed E-state index contributed by atoms with van der Waals surface area (Å²) in [6.07, 6.45) is 7.11. The summed E-state index contributed by atoms with van der Waals surface area (Å²) in [4.78, 5) is 7.16. The Hall–Kier alpha value is -1.56. The first-order chi connectivity index (χ1) is 9.31. The fraction of sp³-hybridized carbons (Fsp3) is 0.625. The molecule has 0 bridgehead atoms. The highest BCUT2D eigenvalue weighted by molar-refractivity contribution is 5.57. The monoisotopic (exact) mass is 255 g/mol. The van der Waals surface area contributed by atoms with Crippen molar-refractivity contribution in [3.8, 4) is 6.07 Å². The number of pyridine rings is 1. The molecule has 0 aromatic carbocycles. The van der Waals surface area contributed by atoms with Gasteiger partial charge in [0, 0.05) is 18.8 Å². The average Bonchev–Trinajstić information content (AvgIpc) is 2.94. The van der Waals surface area contributed by atoms with Crippen molar-refractivity contribution in [3.05, 3.63) is 22.9 Å². The van der Waals surface area contributed by atoms with Crippen LogP contribution in [0.15, 0.2) is 6.07 Å². The molecule has 3 rings (SSSR count). The van der Waals surface area contributed by atoms with E-state index in [0.717, 1.165) is 43.2 Å². The molecule has 1 atom stereocenters. The van der Waals surface area contributed by atoms with Crippen molar-refractivity contribution in [1.29, 1.82) is 5.26 Å². The number of nitriles is 1. The van der Waals surface area contributed by atoms with Crippen molar-refractivity contribution in [2.24, 2.45) is 5.92 Å². The fourth-order valence-electron chi connectivity index (χ4n) is 3.30. The quantitative estimate of drug-likeness (QED) is 0.815. The van der Waals surface area contributed by atoms with Gasteiger partial charge in [0.05, 0.1) is 5.56 Å². The number of fused-ring (bicyclic) bond motifs is 1. The Labute approximate surface area is 115 Å². The summed E-state index contributed by atoms with van der Waals surface area (Å²) >= 11 is 0. The maximum atomic E-state index is 9.39. The average molecular weight is 255 g/mol. The van der Waals surface area contributed by atoms with Gasteiger partial charge in [-0.05, 0) is 49.7 Å². The lowest BCUT2D eigenvalue weighted by Gasteiger charge is -2.22. The van der Waals surface area contributed by atoms with Crippen LogP contribution in [0.25, 0.3) is 0 Å². The molecule has 1 fully saturated rings. The van der Waals surface area contributed by atoms with Gasteiger partial charge in [0.15, 0.2) is 0 Å². The summed E-state index contributed by atoms with van der Waals surface area (Å²) < 4.78 is 0. The molecule has 2 heterocycles. The van der Waals surface area contributed by atoms with Crippen molar-refractivity contribution in [2.45, 2.75) is 45.4 Å². The number of aryl methyl sites for hydroxylation is 2. The van der Waals surface area contributed by atoms with Crippen LogP contribution in [0.5, 0.6) is 0 Å². The van der Waals surface area contributed by atoms with Gasteiger partial charge in [-0.2, -0.15) is 5.26 Å². The van der Waals surface area contributed by atoms with Crippen molar-refractivity contribution in [1.82, 2.24) is 4.98 Å². The summed E-state index contributed by atoms with van der Waals surface area (Å²) in [5.74, 6) is 1.71. The first kappa shape index (κ1) is 12.5. The lowest BCUT2D eigenvalue weighted by Crippen LogP contribution is -2.23. The van der Waals surface area contributed by atoms with Gasteiger partial charge >= 0.3 is 0 Å². The lowest BCUT2D eigenvalue weighted by atomic mass is 9.95. The van der Waals surface area contributed by atoms with E-state index in [0.29, 0.717) is 0 Å². The molecular weight excluding hydrogens is 234 g/mol. The maximum absolute atomic E-state index is 9.39. The molecule has 19 heavy (non-hydrogen) atoms. The lowest BCUT2D eigenvalue weighted by molar-refractivity contribution is 0.568. The molecule has 0 saturated carbocycles. The number of hydrogen-bond acceptors (Lipinski definition) is 3. The van der Waals surface area contributed by atoms with Crippen molar-refractivity contribution in [3.63, 3.8) is 0 Å². The highest BCUT2D eigenvalue weighted by atomic mass is 15.2. The molecule has 1 aromatic heterocycles. The number of aromatic nitrogens is 1. The third-order valence-corrected chi connectivity index (χ3v) is 4.56. The number of rotatable bonds is 2. The Kier molecular flexibility index (Phi) is 3.42. The van der Waals surface area contributed by atoms with Crippen LogP contribution < -0.4 is 4.90 Å². The zero-order chi connectivity index (χ0) is 13.2. The standard InChI is InChI=1S/C16H21N3/c1-2-12-7-8-19(11-12)16-14(10-17)9-13-5-3-4-6-15(13)18-16/h9,12H,2-8,11H2,1H3. The molecule has 1 aliphatic heterocycles. The van der Waals surface area contributed by atoms with E-state index in [4.69, 9.17) is 4.98 Å². The Morgan fingerprint density at radius 3 is 3.00 bits per heavy atom. The number of anilines is 1. The molecule has 1 aliphatic carbocycles. The molecular formula is C16H21N3. The van der Waals surface area contributed by atoms with Gasteiger partial charge in [-0.15, -0.1) is 0 Å². The van der Waals surface area contributed by atoms with E-state index < -0.39 is 0 Å². The molecule has 0 amide bonds. The van der Waals surface area contributed by atoms with E-state index in [9.17, 15) is 5.26 Å². The third-order valence-electron chi connectivity index (χ3n) is 4.56. The second kappa shape index (κ2) is 5.21.